The van der Waals surface area contributed by atoms with Gasteiger partial charge < -0.3 is 20.1 Å². The first-order valence-electron chi connectivity index (χ1n) is 12.1. The second kappa shape index (κ2) is 10.7. The normalized spacial score (nSPS) is 18.0. The van der Waals surface area contributed by atoms with Crippen molar-refractivity contribution < 1.29 is 24.2 Å². The molecule has 1 unspecified atom stereocenters. The van der Waals surface area contributed by atoms with Gasteiger partial charge in [0.05, 0.1) is 6.42 Å². The predicted octanol–water partition coefficient (Wildman–Crippen LogP) is 4.55. The van der Waals surface area contributed by atoms with Gasteiger partial charge in [-0.15, -0.1) is 0 Å². The van der Waals surface area contributed by atoms with Crippen LogP contribution in [0, 0.1) is 0 Å². The van der Waals surface area contributed by atoms with Gasteiger partial charge in [0.2, 0.25) is 5.91 Å². The van der Waals surface area contributed by atoms with Gasteiger partial charge >= 0.3 is 12.1 Å². The standard InChI is InChI=1S/C27H32N2O5/c1-18(13-14-25(30)29-15-7-6-8-19(29)16-26(31)32)28-27(33)34-17-24-22-11-4-2-9-20(22)21-10-3-5-12-23(21)24/h2-5,9-12,18-19,24H,6-8,13-17H2,1H3,(H,28,33)(H,31,32)/t18?,19-/m0/s1. The summed E-state index contributed by atoms with van der Waals surface area (Å²) in [7, 11) is 0. The highest BCUT2D eigenvalue weighted by molar-refractivity contribution is 5.79. The highest BCUT2D eigenvalue weighted by Gasteiger charge is 2.30. The molecule has 2 amide bonds. The van der Waals surface area contributed by atoms with Crippen molar-refractivity contribution in [2.75, 3.05) is 13.2 Å². The Balaban J connectivity index is 1.26. The smallest absolute Gasteiger partial charge is 0.407 e. The second-order valence-electron chi connectivity index (χ2n) is 9.24. The SMILES string of the molecule is CC(CCC(=O)N1CCCC[C@H]1CC(=O)O)NC(=O)OCC1c2ccccc2-c2ccccc21. The molecule has 7 nitrogen and oxygen atoms in total. The molecule has 2 N–H and O–H groups in total. The van der Waals surface area contributed by atoms with Crippen molar-refractivity contribution in [3.63, 3.8) is 0 Å². The van der Waals surface area contributed by atoms with Gasteiger partial charge in [0.15, 0.2) is 0 Å². The van der Waals surface area contributed by atoms with Gasteiger partial charge in [-0.2, -0.15) is 0 Å². The summed E-state index contributed by atoms with van der Waals surface area (Å²) in [6.07, 6.45) is 2.80. The van der Waals surface area contributed by atoms with E-state index in [0.29, 0.717) is 13.0 Å². The lowest BCUT2D eigenvalue weighted by Crippen LogP contribution is -2.45. The molecule has 2 aliphatic rings. The Hall–Kier alpha value is -3.35. The molecule has 1 heterocycles. The highest BCUT2D eigenvalue weighted by atomic mass is 16.5. The Morgan fingerprint density at radius 2 is 1.71 bits per heavy atom. The molecule has 0 saturated carbocycles. The van der Waals surface area contributed by atoms with Crippen molar-refractivity contribution in [1.29, 1.82) is 0 Å². The fourth-order valence-corrected chi connectivity index (χ4v) is 5.14. The maximum atomic E-state index is 12.7. The van der Waals surface area contributed by atoms with Gasteiger partial charge in [-0.25, -0.2) is 4.79 Å². The number of carbonyl (C=O) groups excluding carboxylic acids is 2. The number of amides is 2. The number of ether oxygens (including phenoxy) is 1. The summed E-state index contributed by atoms with van der Waals surface area (Å²) in [5.74, 6) is -0.928. The summed E-state index contributed by atoms with van der Waals surface area (Å²) in [5, 5.41) is 11.9. The van der Waals surface area contributed by atoms with Crippen LogP contribution in [0.1, 0.15) is 62.5 Å². The largest absolute Gasteiger partial charge is 0.481 e. The fourth-order valence-electron chi connectivity index (χ4n) is 5.14. The number of nitrogens with zero attached hydrogens (tertiary/aromatic N) is 1. The zero-order valence-corrected chi connectivity index (χ0v) is 19.5. The molecule has 4 rings (SSSR count). The van der Waals surface area contributed by atoms with Crippen LogP contribution in [-0.2, 0) is 14.3 Å². The maximum Gasteiger partial charge on any atom is 0.407 e. The molecule has 7 heteroatoms. The van der Waals surface area contributed by atoms with Gasteiger partial charge in [0.25, 0.3) is 0 Å². The molecular weight excluding hydrogens is 432 g/mol. The average molecular weight is 465 g/mol. The summed E-state index contributed by atoms with van der Waals surface area (Å²) in [6, 6.07) is 15.9. The number of hydrogen-bond acceptors (Lipinski definition) is 4. The maximum absolute atomic E-state index is 12.7. The third kappa shape index (κ3) is 5.41. The number of nitrogens with one attached hydrogen (secondary N) is 1. The van der Waals surface area contributed by atoms with E-state index < -0.39 is 12.1 Å². The number of carboxylic acid groups (broad SMARTS) is 1. The van der Waals surface area contributed by atoms with Crippen molar-refractivity contribution in [2.45, 2.75) is 63.5 Å². The Labute approximate surface area is 200 Å². The molecule has 2 atom stereocenters. The first-order chi connectivity index (χ1) is 16.4. The van der Waals surface area contributed by atoms with E-state index in [0.717, 1.165) is 30.4 Å². The number of fused-ring (bicyclic) bond motifs is 3. The van der Waals surface area contributed by atoms with Crippen LogP contribution in [0.15, 0.2) is 48.5 Å². The molecule has 0 bridgehead atoms. The summed E-state index contributed by atoms with van der Waals surface area (Å²) >= 11 is 0. The third-order valence-corrected chi connectivity index (χ3v) is 6.86. The predicted molar refractivity (Wildman–Crippen MR) is 129 cm³/mol. The van der Waals surface area contributed by atoms with Crippen LogP contribution in [0.3, 0.4) is 0 Å². The number of benzene rings is 2. The first-order valence-corrected chi connectivity index (χ1v) is 12.1. The second-order valence-corrected chi connectivity index (χ2v) is 9.24. The number of rotatable bonds is 8. The fraction of sp³-hybridized carbons (Fsp3) is 0.444. The van der Waals surface area contributed by atoms with E-state index in [9.17, 15) is 14.4 Å². The summed E-state index contributed by atoms with van der Waals surface area (Å²) in [6.45, 7) is 2.70. The molecule has 1 aliphatic carbocycles. The number of alkyl carbamates (subject to hydrolysis) is 1. The van der Waals surface area contributed by atoms with Crippen molar-refractivity contribution in [2.24, 2.45) is 0 Å². The first kappa shape index (κ1) is 23.8. The van der Waals surface area contributed by atoms with E-state index in [4.69, 9.17) is 9.84 Å². The lowest BCUT2D eigenvalue weighted by atomic mass is 9.98. The minimum absolute atomic E-state index is 0.000282. The van der Waals surface area contributed by atoms with Crippen LogP contribution in [0.5, 0.6) is 0 Å². The Morgan fingerprint density at radius 3 is 2.35 bits per heavy atom. The third-order valence-electron chi connectivity index (χ3n) is 6.86. The van der Waals surface area contributed by atoms with E-state index in [1.54, 1.807) is 4.90 Å². The van der Waals surface area contributed by atoms with Crippen LogP contribution in [-0.4, -0.2) is 53.2 Å². The molecule has 2 aromatic rings. The topological polar surface area (TPSA) is 95.9 Å². The molecular formula is C27H32N2O5. The van der Waals surface area contributed by atoms with Crippen LogP contribution >= 0.6 is 0 Å². The van der Waals surface area contributed by atoms with E-state index in [1.165, 1.54) is 11.1 Å². The van der Waals surface area contributed by atoms with Crippen molar-refractivity contribution in [3.8, 4) is 11.1 Å². The van der Waals surface area contributed by atoms with Gasteiger partial charge in [0.1, 0.15) is 6.61 Å². The van der Waals surface area contributed by atoms with Gasteiger partial charge in [-0.1, -0.05) is 48.5 Å². The summed E-state index contributed by atoms with van der Waals surface area (Å²) in [5.41, 5.74) is 4.68. The molecule has 1 fully saturated rings. The van der Waals surface area contributed by atoms with E-state index in [2.05, 4.69) is 29.6 Å². The minimum Gasteiger partial charge on any atom is -0.481 e. The molecule has 0 radical (unpaired) electrons. The van der Waals surface area contributed by atoms with E-state index >= 15 is 0 Å². The Kier molecular flexibility index (Phi) is 7.50. The average Bonchev–Trinajstić information content (AvgIpc) is 3.15. The van der Waals surface area contributed by atoms with Crippen LogP contribution in [0.4, 0.5) is 4.79 Å². The molecule has 180 valence electrons. The summed E-state index contributed by atoms with van der Waals surface area (Å²) in [4.78, 5) is 38.0. The number of carbonyl (C=O) groups is 3. The van der Waals surface area contributed by atoms with Crippen molar-refractivity contribution >= 4 is 18.0 Å². The van der Waals surface area contributed by atoms with E-state index in [-0.39, 0.29) is 43.4 Å². The lowest BCUT2D eigenvalue weighted by molar-refractivity contribution is -0.142. The van der Waals surface area contributed by atoms with E-state index in [1.807, 2.05) is 31.2 Å². The molecule has 0 aromatic heterocycles. The molecule has 0 spiro atoms. The Morgan fingerprint density at radius 1 is 1.06 bits per heavy atom. The van der Waals surface area contributed by atoms with Crippen LogP contribution in [0.2, 0.25) is 0 Å². The number of piperidine rings is 1. The number of likely N-dealkylation sites (tertiary alicyclic amines) is 1. The highest BCUT2D eigenvalue weighted by Crippen LogP contribution is 2.44. The zero-order chi connectivity index (χ0) is 24.1. The molecule has 1 saturated heterocycles. The van der Waals surface area contributed by atoms with Gasteiger partial charge in [0, 0.05) is 31.0 Å². The minimum atomic E-state index is -0.880. The summed E-state index contributed by atoms with van der Waals surface area (Å²) < 4.78 is 5.58. The molecule has 2 aromatic carbocycles. The van der Waals surface area contributed by atoms with Crippen LogP contribution < -0.4 is 5.32 Å². The number of hydrogen-bond donors (Lipinski definition) is 2. The quantitative estimate of drug-likeness (QED) is 0.598. The zero-order valence-electron chi connectivity index (χ0n) is 19.5. The van der Waals surface area contributed by atoms with Crippen molar-refractivity contribution in [3.05, 3.63) is 59.7 Å². The van der Waals surface area contributed by atoms with Gasteiger partial charge in [-0.3, -0.25) is 9.59 Å². The number of carboxylic acids is 1. The number of aliphatic carboxylic acids is 1. The van der Waals surface area contributed by atoms with Gasteiger partial charge in [-0.05, 0) is 54.9 Å². The van der Waals surface area contributed by atoms with Crippen molar-refractivity contribution in [1.82, 2.24) is 10.2 Å². The lowest BCUT2D eigenvalue weighted by Gasteiger charge is -2.35. The monoisotopic (exact) mass is 464 g/mol. The molecule has 1 aliphatic heterocycles. The molecule has 34 heavy (non-hydrogen) atoms. The Bertz CT molecular complexity index is 1010. The van der Waals surface area contributed by atoms with Crippen LogP contribution in [0.25, 0.3) is 11.1 Å².